The summed E-state index contributed by atoms with van der Waals surface area (Å²) in [5, 5.41) is 7.88. The van der Waals surface area contributed by atoms with E-state index in [0.29, 0.717) is 6.04 Å². The Kier molecular flexibility index (Phi) is 4.19. The van der Waals surface area contributed by atoms with Gasteiger partial charge in [0.2, 0.25) is 0 Å². The lowest BCUT2D eigenvalue weighted by atomic mass is 10.2. The first-order chi connectivity index (χ1) is 8.58. The standard InChI is InChI=1S/C14H18BrN3/c1-10(2)16-8-12-9-17-18(11(12)3)14-6-4-5-13(15)7-14/h4-7,9-10,16H,8H2,1-3H3. The molecule has 1 aromatic carbocycles. The van der Waals surface area contributed by atoms with Gasteiger partial charge in [0.1, 0.15) is 0 Å². The highest BCUT2D eigenvalue weighted by atomic mass is 79.9. The second-order valence-corrected chi connectivity index (χ2v) is 5.60. The lowest BCUT2D eigenvalue weighted by Crippen LogP contribution is -2.22. The number of rotatable bonds is 4. The molecule has 18 heavy (non-hydrogen) atoms. The number of benzene rings is 1. The van der Waals surface area contributed by atoms with Crippen molar-refractivity contribution >= 4 is 15.9 Å². The van der Waals surface area contributed by atoms with Crippen LogP contribution >= 0.6 is 15.9 Å². The number of nitrogens with zero attached hydrogens (tertiary/aromatic N) is 2. The fourth-order valence-corrected chi connectivity index (χ4v) is 2.19. The summed E-state index contributed by atoms with van der Waals surface area (Å²) in [6.07, 6.45) is 1.94. The van der Waals surface area contributed by atoms with Crippen LogP contribution in [0.1, 0.15) is 25.1 Å². The molecule has 0 atom stereocenters. The van der Waals surface area contributed by atoms with Gasteiger partial charge in [-0.1, -0.05) is 35.8 Å². The Labute approximate surface area is 116 Å². The predicted octanol–water partition coefficient (Wildman–Crippen LogP) is 3.44. The molecule has 1 heterocycles. The van der Waals surface area contributed by atoms with Crippen molar-refractivity contribution < 1.29 is 0 Å². The van der Waals surface area contributed by atoms with Gasteiger partial charge in [0.15, 0.2) is 0 Å². The summed E-state index contributed by atoms with van der Waals surface area (Å²) in [6, 6.07) is 8.65. The number of aromatic nitrogens is 2. The van der Waals surface area contributed by atoms with Gasteiger partial charge in [-0.3, -0.25) is 0 Å². The zero-order valence-electron chi connectivity index (χ0n) is 10.9. The summed E-state index contributed by atoms with van der Waals surface area (Å²) < 4.78 is 3.04. The number of hydrogen-bond acceptors (Lipinski definition) is 2. The smallest absolute Gasteiger partial charge is 0.0660 e. The molecule has 2 rings (SSSR count). The molecule has 0 amide bonds. The third-order valence-corrected chi connectivity index (χ3v) is 3.36. The van der Waals surface area contributed by atoms with Crippen LogP contribution in [0.3, 0.4) is 0 Å². The summed E-state index contributed by atoms with van der Waals surface area (Å²) in [5.74, 6) is 0. The summed E-state index contributed by atoms with van der Waals surface area (Å²) >= 11 is 3.49. The van der Waals surface area contributed by atoms with Crippen LogP contribution in [-0.2, 0) is 6.54 Å². The lowest BCUT2D eigenvalue weighted by Gasteiger charge is -2.08. The van der Waals surface area contributed by atoms with Crippen molar-refractivity contribution in [3.8, 4) is 5.69 Å². The van der Waals surface area contributed by atoms with Gasteiger partial charge in [0.05, 0.1) is 11.9 Å². The van der Waals surface area contributed by atoms with Crippen molar-refractivity contribution in [2.24, 2.45) is 0 Å². The fraction of sp³-hybridized carbons (Fsp3) is 0.357. The molecule has 0 aliphatic heterocycles. The second-order valence-electron chi connectivity index (χ2n) is 4.68. The molecule has 0 saturated carbocycles. The van der Waals surface area contributed by atoms with Gasteiger partial charge in [0.25, 0.3) is 0 Å². The maximum atomic E-state index is 4.46. The van der Waals surface area contributed by atoms with Crippen molar-refractivity contribution in [3.05, 3.63) is 46.2 Å². The first-order valence-electron chi connectivity index (χ1n) is 6.10. The Bertz CT molecular complexity index is 532. The maximum Gasteiger partial charge on any atom is 0.0660 e. The molecule has 0 aliphatic rings. The monoisotopic (exact) mass is 307 g/mol. The Hall–Kier alpha value is -1.13. The van der Waals surface area contributed by atoms with Gasteiger partial charge in [-0.15, -0.1) is 0 Å². The summed E-state index contributed by atoms with van der Waals surface area (Å²) in [6.45, 7) is 7.25. The first-order valence-corrected chi connectivity index (χ1v) is 6.90. The topological polar surface area (TPSA) is 29.9 Å². The second kappa shape index (κ2) is 5.67. The van der Waals surface area contributed by atoms with Gasteiger partial charge >= 0.3 is 0 Å². The Morgan fingerprint density at radius 2 is 2.17 bits per heavy atom. The zero-order valence-corrected chi connectivity index (χ0v) is 12.5. The van der Waals surface area contributed by atoms with Gasteiger partial charge in [-0.2, -0.15) is 5.10 Å². The van der Waals surface area contributed by atoms with E-state index in [0.717, 1.165) is 16.7 Å². The van der Waals surface area contributed by atoms with Crippen LogP contribution < -0.4 is 5.32 Å². The van der Waals surface area contributed by atoms with Crippen LogP contribution in [0.4, 0.5) is 0 Å². The van der Waals surface area contributed by atoms with E-state index in [-0.39, 0.29) is 0 Å². The van der Waals surface area contributed by atoms with E-state index in [1.807, 2.05) is 23.0 Å². The number of nitrogens with one attached hydrogen (secondary N) is 1. The third-order valence-electron chi connectivity index (χ3n) is 2.86. The quantitative estimate of drug-likeness (QED) is 0.937. The van der Waals surface area contributed by atoms with Crippen molar-refractivity contribution in [1.82, 2.24) is 15.1 Å². The molecule has 0 unspecified atom stereocenters. The van der Waals surface area contributed by atoms with E-state index in [1.54, 1.807) is 0 Å². The highest BCUT2D eigenvalue weighted by Gasteiger charge is 2.08. The van der Waals surface area contributed by atoms with E-state index in [4.69, 9.17) is 0 Å². The van der Waals surface area contributed by atoms with E-state index in [9.17, 15) is 0 Å². The normalized spacial score (nSPS) is 11.2. The molecule has 0 bridgehead atoms. The fourth-order valence-electron chi connectivity index (χ4n) is 1.80. The largest absolute Gasteiger partial charge is 0.310 e. The molecule has 0 fully saturated rings. The first kappa shape index (κ1) is 13.3. The molecule has 2 aromatic rings. The van der Waals surface area contributed by atoms with Crippen molar-refractivity contribution in [2.45, 2.75) is 33.4 Å². The van der Waals surface area contributed by atoms with Crippen LogP contribution in [0.25, 0.3) is 5.69 Å². The molecule has 0 radical (unpaired) electrons. The van der Waals surface area contributed by atoms with E-state index in [1.165, 1.54) is 11.3 Å². The summed E-state index contributed by atoms with van der Waals surface area (Å²) in [4.78, 5) is 0. The zero-order chi connectivity index (χ0) is 13.1. The minimum atomic E-state index is 0.485. The average molecular weight is 308 g/mol. The minimum absolute atomic E-state index is 0.485. The van der Waals surface area contributed by atoms with E-state index in [2.05, 4.69) is 59.2 Å². The van der Waals surface area contributed by atoms with E-state index < -0.39 is 0 Å². The average Bonchev–Trinajstić information content (AvgIpc) is 2.68. The predicted molar refractivity (Wildman–Crippen MR) is 78.0 cm³/mol. The van der Waals surface area contributed by atoms with Crippen molar-refractivity contribution in [2.75, 3.05) is 0 Å². The Morgan fingerprint density at radius 3 is 2.83 bits per heavy atom. The van der Waals surface area contributed by atoms with Crippen LogP contribution in [-0.4, -0.2) is 15.8 Å². The van der Waals surface area contributed by atoms with Crippen LogP contribution in [0.15, 0.2) is 34.9 Å². The molecule has 0 saturated heterocycles. The maximum absolute atomic E-state index is 4.46. The Morgan fingerprint density at radius 1 is 1.39 bits per heavy atom. The van der Waals surface area contributed by atoms with Crippen molar-refractivity contribution in [3.63, 3.8) is 0 Å². The molecule has 96 valence electrons. The summed E-state index contributed by atoms with van der Waals surface area (Å²) in [7, 11) is 0. The lowest BCUT2D eigenvalue weighted by molar-refractivity contribution is 0.587. The van der Waals surface area contributed by atoms with Crippen LogP contribution in [0.5, 0.6) is 0 Å². The van der Waals surface area contributed by atoms with Gasteiger partial charge in [0, 0.05) is 28.3 Å². The number of halogens is 1. The number of hydrogen-bond donors (Lipinski definition) is 1. The molecule has 0 spiro atoms. The molecular formula is C14H18BrN3. The summed E-state index contributed by atoms with van der Waals surface area (Å²) in [5.41, 5.74) is 3.50. The van der Waals surface area contributed by atoms with E-state index >= 15 is 0 Å². The van der Waals surface area contributed by atoms with Crippen LogP contribution in [0, 0.1) is 6.92 Å². The molecule has 1 aromatic heterocycles. The van der Waals surface area contributed by atoms with Gasteiger partial charge < -0.3 is 5.32 Å². The SMILES string of the molecule is Cc1c(CNC(C)C)cnn1-c1cccc(Br)c1. The molecular weight excluding hydrogens is 290 g/mol. The van der Waals surface area contributed by atoms with Gasteiger partial charge in [-0.25, -0.2) is 4.68 Å². The highest BCUT2D eigenvalue weighted by molar-refractivity contribution is 9.10. The highest BCUT2D eigenvalue weighted by Crippen LogP contribution is 2.18. The third kappa shape index (κ3) is 3.00. The molecule has 0 aliphatic carbocycles. The minimum Gasteiger partial charge on any atom is -0.310 e. The van der Waals surface area contributed by atoms with Crippen LogP contribution in [0.2, 0.25) is 0 Å². The Balaban J connectivity index is 2.25. The van der Waals surface area contributed by atoms with Crippen molar-refractivity contribution in [1.29, 1.82) is 0 Å². The van der Waals surface area contributed by atoms with Gasteiger partial charge in [-0.05, 0) is 25.1 Å². The molecule has 3 nitrogen and oxygen atoms in total. The molecule has 1 N–H and O–H groups in total. The molecule has 4 heteroatoms.